The van der Waals surface area contributed by atoms with E-state index in [4.69, 9.17) is 9.84 Å². The number of allylic oxidation sites excluding steroid dienone is 1. The first-order valence-corrected chi connectivity index (χ1v) is 9.68. The number of hydrogen-bond donors (Lipinski definition) is 4. The van der Waals surface area contributed by atoms with Crippen LogP contribution in [0.25, 0.3) is 0 Å². The second-order valence-electron chi connectivity index (χ2n) is 6.95. The standard InChI is InChI=1S/C20H34O6/c1-2-3-6-9-15(21)12-13-16(22)19-14-17(23)18(26-19)10-7-4-5-8-11-20(24)25/h4,7,12-13,15-19,21-23H,2-3,5-6,8-11,14H2,1H3,(H,24,25)/b7-4-,13-12+/t15-,16-,17+,18-,19+/m1/s1. The monoisotopic (exact) mass is 370 g/mol. The molecule has 0 bridgehead atoms. The number of carboxylic acid groups (broad SMARTS) is 1. The Bertz CT molecular complexity index is 448. The van der Waals surface area contributed by atoms with Gasteiger partial charge in [0.05, 0.1) is 30.5 Å². The van der Waals surface area contributed by atoms with Gasteiger partial charge in [0.1, 0.15) is 0 Å². The highest BCUT2D eigenvalue weighted by Gasteiger charge is 2.36. The minimum atomic E-state index is -0.852. The van der Waals surface area contributed by atoms with Crippen molar-refractivity contribution >= 4 is 5.97 Å². The van der Waals surface area contributed by atoms with Gasteiger partial charge in [0.15, 0.2) is 0 Å². The number of ether oxygens (including phenoxy) is 1. The van der Waals surface area contributed by atoms with Crippen molar-refractivity contribution in [1.29, 1.82) is 0 Å². The van der Waals surface area contributed by atoms with Gasteiger partial charge in [-0.25, -0.2) is 0 Å². The molecule has 0 saturated carbocycles. The molecule has 1 aliphatic rings. The fourth-order valence-electron chi connectivity index (χ4n) is 2.98. The predicted molar refractivity (Wildman–Crippen MR) is 99.8 cm³/mol. The molecule has 0 radical (unpaired) electrons. The molecule has 1 saturated heterocycles. The van der Waals surface area contributed by atoms with E-state index in [0.29, 0.717) is 32.1 Å². The Balaban J connectivity index is 2.30. The Morgan fingerprint density at radius 2 is 1.96 bits per heavy atom. The maximum atomic E-state index is 10.4. The van der Waals surface area contributed by atoms with Gasteiger partial charge < -0.3 is 25.2 Å². The van der Waals surface area contributed by atoms with Gasteiger partial charge in [-0.15, -0.1) is 0 Å². The first-order valence-electron chi connectivity index (χ1n) is 9.68. The summed E-state index contributed by atoms with van der Waals surface area (Å²) in [6.45, 7) is 2.11. The van der Waals surface area contributed by atoms with Crippen LogP contribution in [-0.2, 0) is 9.53 Å². The summed E-state index contributed by atoms with van der Waals surface area (Å²) in [5, 5.41) is 38.7. The molecule has 0 unspecified atom stereocenters. The highest BCUT2D eigenvalue weighted by Crippen LogP contribution is 2.26. The number of rotatable bonds is 13. The van der Waals surface area contributed by atoms with Crippen LogP contribution < -0.4 is 0 Å². The van der Waals surface area contributed by atoms with Crippen LogP contribution in [0, 0.1) is 0 Å². The Labute approximate surface area is 156 Å². The van der Waals surface area contributed by atoms with Crippen molar-refractivity contribution in [2.45, 2.75) is 95.2 Å². The van der Waals surface area contributed by atoms with Crippen molar-refractivity contribution in [2.75, 3.05) is 0 Å². The van der Waals surface area contributed by atoms with Gasteiger partial charge >= 0.3 is 5.97 Å². The van der Waals surface area contributed by atoms with E-state index >= 15 is 0 Å². The van der Waals surface area contributed by atoms with Gasteiger partial charge in [0.2, 0.25) is 0 Å². The van der Waals surface area contributed by atoms with Crippen LogP contribution in [-0.4, -0.2) is 56.9 Å². The van der Waals surface area contributed by atoms with Gasteiger partial charge in [0, 0.05) is 12.8 Å². The van der Waals surface area contributed by atoms with Crippen LogP contribution >= 0.6 is 0 Å². The number of unbranched alkanes of at least 4 members (excludes halogenated alkanes) is 3. The summed E-state index contributed by atoms with van der Waals surface area (Å²) in [6.07, 6.45) is 10.2. The van der Waals surface area contributed by atoms with Gasteiger partial charge in [-0.2, -0.15) is 0 Å². The molecule has 26 heavy (non-hydrogen) atoms. The normalized spacial score (nSPS) is 25.9. The number of aliphatic carboxylic acids is 1. The van der Waals surface area contributed by atoms with Gasteiger partial charge in [-0.3, -0.25) is 4.79 Å². The van der Waals surface area contributed by atoms with Crippen LogP contribution in [0.15, 0.2) is 24.3 Å². The summed E-state index contributed by atoms with van der Waals surface area (Å²) in [5.41, 5.74) is 0. The summed E-state index contributed by atoms with van der Waals surface area (Å²) < 4.78 is 5.73. The summed E-state index contributed by atoms with van der Waals surface area (Å²) in [4.78, 5) is 10.4. The lowest BCUT2D eigenvalue weighted by Crippen LogP contribution is -2.24. The number of hydrogen-bond acceptors (Lipinski definition) is 5. The van der Waals surface area contributed by atoms with Crippen molar-refractivity contribution in [2.24, 2.45) is 0 Å². The van der Waals surface area contributed by atoms with E-state index in [1.54, 1.807) is 12.2 Å². The Hall–Kier alpha value is -1.21. The zero-order valence-electron chi connectivity index (χ0n) is 15.7. The molecule has 1 heterocycles. The van der Waals surface area contributed by atoms with Crippen LogP contribution in [0.1, 0.15) is 64.7 Å². The second-order valence-corrected chi connectivity index (χ2v) is 6.95. The van der Waals surface area contributed by atoms with Crippen LogP contribution in [0.4, 0.5) is 0 Å². The number of carbonyl (C=O) groups is 1. The molecule has 0 aliphatic carbocycles. The highest BCUT2D eigenvalue weighted by atomic mass is 16.5. The van der Waals surface area contributed by atoms with Gasteiger partial charge in [0.25, 0.3) is 0 Å². The maximum Gasteiger partial charge on any atom is 0.303 e. The first-order chi connectivity index (χ1) is 12.4. The van der Waals surface area contributed by atoms with Gasteiger partial charge in [-0.1, -0.05) is 50.5 Å². The fraction of sp³-hybridized carbons (Fsp3) is 0.750. The topological polar surface area (TPSA) is 107 Å². The molecule has 0 aromatic rings. The summed E-state index contributed by atoms with van der Waals surface area (Å²) >= 11 is 0. The fourth-order valence-corrected chi connectivity index (χ4v) is 2.98. The second kappa shape index (κ2) is 13.0. The summed E-state index contributed by atoms with van der Waals surface area (Å²) in [6, 6.07) is 0. The molecule has 6 heteroatoms. The number of aliphatic hydroxyl groups excluding tert-OH is 3. The van der Waals surface area contributed by atoms with Gasteiger partial charge in [-0.05, 0) is 25.7 Å². The van der Waals surface area contributed by atoms with E-state index < -0.39 is 30.4 Å². The molecule has 0 aromatic carbocycles. The average Bonchev–Trinajstić information content (AvgIpc) is 2.97. The molecular formula is C20H34O6. The first kappa shape index (κ1) is 22.8. The molecular weight excluding hydrogens is 336 g/mol. The van der Waals surface area contributed by atoms with Crippen molar-refractivity contribution in [1.82, 2.24) is 0 Å². The molecule has 1 fully saturated rings. The van der Waals surface area contributed by atoms with Crippen molar-refractivity contribution in [3.05, 3.63) is 24.3 Å². The Morgan fingerprint density at radius 3 is 2.65 bits per heavy atom. The molecule has 0 amide bonds. The van der Waals surface area contributed by atoms with Crippen LogP contribution in [0.5, 0.6) is 0 Å². The molecule has 5 atom stereocenters. The molecule has 6 nitrogen and oxygen atoms in total. The van der Waals surface area contributed by atoms with Crippen LogP contribution in [0.2, 0.25) is 0 Å². The minimum absolute atomic E-state index is 0.151. The van der Waals surface area contributed by atoms with Crippen LogP contribution in [0.3, 0.4) is 0 Å². The third-order valence-corrected chi connectivity index (χ3v) is 4.56. The quantitative estimate of drug-likeness (QED) is 0.293. The third kappa shape index (κ3) is 9.48. The minimum Gasteiger partial charge on any atom is -0.481 e. The highest BCUT2D eigenvalue weighted by molar-refractivity contribution is 5.66. The largest absolute Gasteiger partial charge is 0.481 e. The van der Waals surface area contributed by atoms with Crippen molar-refractivity contribution < 1.29 is 30.0 Å². The van der Waals surface area contributed by atoms with E-state index in [0.717, 1.165) is 19.3 Å². The lowest BCUT2D eigenvalue weighted by molar-refractivity contribution is -0.137. The smallest absolute Gasteiger partial charge is 0.303 e. The zero-order valence-corrected chi connectivity index (χ0v) is 15.7. The molecule has 4 N–H and O–H groups in total. The van der Waals surface area contributed by atoms with E-state index in [1.165, 1.54) is 0 Å². The zero-order chi connectivity index (χ0) is 19.4. The van der Waals surface area contributed by atoms with E-state index in [2.05, 4.69) is 6.92 Å². The maximum absolute atomic E-state index is 10.4. The van der Waals surface area contributed by atoms with E-state index in [1.807, 2.05) is 12.2 Å². The van der Waals surface area contributed by atoms with E-state index in [-0.39, 0.29) is 12.5 Å². The number of carboxylic acids is 1. The Kier molecular flexibility index (Phi) is 11.4. The molecule has 1 aliphatic heterocycles. The van der Waals surface area contributed by atoms with E-state index in [9.17, 15) is 20.1 Å². The molecule has 150 valence electrons. The lowest BCUT2D eigenvalue weighted by Gasteiger charge is -2.16. The predicted octanol–water partition coefficient (Wildman–Crippen LogP) is 2.56. The summed E-state index contributed by atoms with van der Waals surface area (Å²) in [7, 11) is 0. The molecule has 0 aromatic heterocycles. The van der Waals surface area contributed by atoms with Crippen molar-refractivity contribution in [3.8, 4) is 0 Å². The Morgan fingerprint density at radius 1 is 1.19 bits per heavy atom. The average molecular weight is 370 g/mol. The number of aliphatic hydroxyl groups is 3. The third-order valence-electron chi connectivity index (χ3n) is 4.56. The molecule has 0 spiro atoms. The summed E-state index contributed by atoms with van der Waals surface area (Å²) in [5.74, 6) is -0.798. The molecule has 1 rings (SSSR count). The van der Waals surface area contributed by atoms with Crippen molar-refractivity contribution in [3.63, 3.8) is 0 Å². The SMILES string of the molecule is CCCCC[C@@H](O)/C=C/[C@@H](O)[C@@H]1C[C@H](O)[C@@H](C/C=C\CCCC(=O)O)O1. The lowest BCUT2D eigenvalue weighted by atomic mass is 10.0.